The van der Waals surface area contributed by atoms with Crippen molar-refractivity contribution >= 4 is 40.3 Å². The van der Waals surface area contributed by atoms with Crippen LogP contribution in [0.15, 0.2) is 77.5 Å². The summed E-state index contributed by atoms with van der Waals surface area (Å²) in [7, 11) is -1.04. The summed E-state index contributed by atoms with van der Waals surface area (Å²) in [6.07, 6.45) is 1.91. The third kappa shape index (κ3) is 3.14. The van der Waals surface area contributed by atoms with E-state index in [0.717, 1.165) is 4.60 Å². The van der Waals surface area contributed by atoms with E-state index < -0.39 is 8.80 Å². The van der Waals surface area contributed by atoms with Gasteiger partial charge in [0.15, 0.2) is 8.80 Å². The van der Waals surface area contributed by atoms with Crippen molar-refractivity contribution in [3.63, 3.8) is 0 Å². The summed E-state index contributed by atoms with van der Waals surface area (Å²) in [5.74, 6) is 0. The maximum absolute atomic E-state index is 4.49. The second kappa shape index (κ2) is 6.37. The average Bonchev–Trinajstić information content (AvgIpc) is 2.53. The van der Waals surface area contributed by atoms with E-state index in [1.54, 1.807) is 0 Å². The zero-order valence-electron chi connectivity index (χ0n) is 11.8. The number of aryl methyl sites for hydroxylation is 1. The van der Waals surface area contributed by atoms with Gasteiger partial charge in [0, 0.05) is 6.20 Å². The molecule has 0 amide bonds. The van der Waals surface area contributed by atoms with Crippen LogP contribution in [-0.4, -0.2) is 13.8 Å². The van der Waals surface area contributed by atoms with Crippen LogP contribution >= 0.6 is 15.9 Å². The average molecular weight is 353 g/mol. The number of rotatable bonds is 3. The highest BCUT2D eigenvalue weighted by Crippen LogP contribution is 2.06. The first-order chi connectivity index (χ1) is 10.3. The Bertz CT molecular complexity index is 689. The molecule has 1 radical (unpaired) electrons. The second-order valence-corrected chi connectivity index (χ2v) is 8.15. The number of benzene rings is 2. The molecular weight excluding hydrogens is 338 g/mol. The molecule has 0 aliphatic rings. The van der Waals surface area contributed by atoms with Crippen molar-refractivity contribution in [3.05, 3.63) is 83.1 Å². The zero-order chi connectivity index (χ0) is 14.7. The fourth-order valence-corrected chi connectivity index (χ4v) is 5.88. The van der Waals surface area contributed by atoms with Crippen LogP contribution in [0.3, 0.4) is 0 Å². The van der Waals surface area contributed by atoms with Gasteiger partial charge in [-0.15, -0.1) is 0 Å². The molecule has 0 aliphatic carbocycles. The lowest BCUT2D eigenvalue weighted by Gasteiger charge is -2.18. The van der Waals surface area contributed by atoms with E-state index in [9.17, 15) is 0 Å². The molecule has 0 saturated heterocycles. The Kier molecular flexibility index (Phi) is 4.32. The van der Waals surface area contributed by atoms with Gasteiger partial charge in [0.05, 0.1) is 0 Å². The normalized spacial score (nSPS) is 10.8. The SMILES string of the molecule is Cc1cnc(Br)c([Si](c2ccccc2)c2ccccc2)c1. The first-order valence-electron chi connectivity index (χ1n) is 6.86. The summed E-state index contributed by atoms with van der Waals surface area (Å²) in [5.41, 5.74) is 1.20. The van der Waals surface area contributed by atoms with Crippen molar-refractivity contribution in [2.75, 3.05) is 0 Å². The number of halogens is 1. The molecule has 0 unspecified atom stereocenters. The summed E-state index contributed by atoms with van der Waals surface area (Å²) in [4.78, 5) is 4.49. The molecule has 21 heavy (non-hydrogen) atoms. The molecule has 0 saturated carbocycles. The minimum absolute atomic E-state index is 0.953. The highest BCUT2D eigenvalue weighted by molar-refractivity contribution is 9.10. The lowest BCUT2D eigenvalue weighted by Crippen LogP contribution is -2.52. The lowest BCUT2D eigenvalue weighted by molar-refractivity contribution is 1.25. The summed E-state index contributed by atoms with van der Waals surface area (Å²) in [5, 5.41) is 4.06. The van der Waals surface area contributed by atoms with Gasteiger partial charge in [-0.25, -0.2) is 4.98 Å². The van der Waals surface area contributed by atoms with E-state index in [4.69, 9.17) is 0 Å². The van der Waals surface area contributed by atoms with Crippen molar-refractivity contribution in [3.8, 4) is 0 Å². The fraction of sp³-hybridized carbons (Fsp3) is 0.0556. The van der Waals surface area contributed by atoms with Crippen LogP contribution in [0.25, 0.3) is 0 Å². The van der Waals surface area contributed by atoms with Gasteiger partial charge in [-0.05, 0) is 33.6 Å². The molecule has 0 atom stereocenters. The Morgan fingerprint density at radius 1 is 0.857 bits per heavy atom. The quantitative estimate of drug-likeness (QED) is 0.521. The summed E-state index contributed by atoms with van der Waals surface area (Å²) in [6, 6.07) is 23.7. The van der Waals surface area contributed by atoms with E-state index in [-0.39, 0.29) is 0 Å². The van der Waals surface area contributed by atoms with Crippen LogP contribution in [0, 0.1) is 6.92 Å². The molecule has 0 N–H and O–H groups in total. The molecule has 1 aromatic heterocycles. The Labute approximate surface area is 135 Å². The Hall–Kier alpha value is -1.71. The Morgan fingerprint density at radius 3 is 1.90 bits per heavy atom. The van der Waals surface area contributed by atoms with Crippen LogP contribution < -0.4 is 15.6 Å². The van der Waals surface area contributed by atoms with Gasteiger partial charge in [0.2, 0.25) is 0 Å². The number of pyridine rings is 1. The number of nitrogens with zero attached hydrogens (tertiary/aromatic N) is 1. The minimum atomic E-state index is -1.04. The third-order valence-electron chi connectivity index (χ3n) is 3.37. The molecule has 0 fully saturated rings. The second-order valence-electron chi connectivity index (χ2n) is 4.96. The number of hydrogen-bond donors (Lipinski definition) is 0. The minimum Gasteiger partial charge on any atom is -0.249 e. The van der Waals surface area contributed by atoms with Gasteiger partial charge in [-0.2, -0.15) is 0 Å². The van der Waals surface area contributed by atoms with E-state index >= 15 is 0 Å². The van der Waals surface area contributed by atoms with Crippen molar-refractivity contribution in [2.24, 2.45) is 0 Å². The van der Waals surface area contributed by atoms with Crippen molar-refractivity contribution in [1.29, 1.82) is 0 Å². The smallest absolute Gasteiger partial charge is 0.158 e. The highest BCUT2D eigenvalue weighted by Gasteiger charge is 2.22. The zero-order valence-corrected chi connectivity index (χ0v) is 14.3. The van der Waals surface area contributed by atoms with Crippen LogP contribution in [0.5, 0.6) is 0 Å². The standard InChI is InChI=1S/C18H15BrNSi/c1-14-12-17(18(19)20-13-14)21(15-8-4-2-5-9-15)16-10-6-3-7-11-16/h2-13H,1H3. The van der Waals surface area contributed by atoms with Gasteiger partial charge < -0.3 is 0 Å². The van der Waals surface area contributed by atoms with Crippen molar-refractivity contribution in [2.45, 2.75) is 6.92 Å². The maximum Gasteiger partial charge on any atom is 0.158 e. The largest absolute Gasteiger partial charge is 0.249 e. The highest BCUT2D eigenvalue weighted by atomic mass is 79.9. The third-order valence-corrected chi connectivity index (χ3v) is 7.11. The molecule has 1 nitrogen and oxygen atoms in total. The lowest BCUT2D eigenvalue weighted by atomic mass is 10.3. The molecular formula is C18H15BrNSi. The molecule has 103 valence electrons. The van der Waals surface area contributed by atoms with E-state index in [2.05, 4.69) is 94.6 Å². The topological polar surface area (TPSA) is 12.9 Å². The summed E-state index contributed by atoms with van der Waals surface area (Å²) >= 11 is 3.64. The molecule has 3 heteroatoms. The van der Waals surface area contributed by atoms with Crippen LogP contribution in [0.2, 0.25) is 0 Å². The fourth-order valence-electron chi connectivity index (χ4n) is 2.42. The molecule has 3 aromatic rings. The predicted octanol–water partition coefficient (Wildman–Crippen LogP) is 2.67. The number of aromatic nitrogens is 1. The van der Waals surface area contributed by atoms with Crippen molar-refractivity contribution in [1.82, 2.24) is 4.98 Å². The molecule has 1 heterocycles. The van der Waals surface area contributed by atoms with Gasteiger partial charge in [-0.3, -0.25) is 0 Å². The summed E-state index contributed by atoms with van der Waals surface area (Å²) < 4.78 is 0.953. The Balaban J connectivity index is 2.20. The van der Waals surface area contributed by atoms with Gasteiger partial charge in [-0.1, -0.05) is 77.1 Å². The maximum atomic E-state index is 4.49. The molecule has 0 bridgehead atoms. The van der Waals surface area contributed by atoms with Gasteiger partial charge >= 0.3 is 0 Å². The first kappa shape index (κ1) is 14.2. The molecule has 3 rings (SSSR count). The molecule has 0 spiro atoms. The predicted molar refractivity (Wildman–Crippen MR) is 94.2 cm³/mol. The van der Waals surface area contributed by atoms with Crippen molar-refractivity contribution < 1.29 is 0 Å². The molecule has 0 aliphatic heterocycles. The van der Waals surface area contributed by atoms with E-state index in [1.807, 2.05) is 6.20 Å². The Morgan fingerprint density at radius 2 is 1.38 bits per heavy atom. The first-order valence-corrected chi connectivity index (χ1v) is 9.15. The van der Waals surface area contributed by atoms with E-state index in [0.29, 0.717) is 0 Å². The summed E-state index contributed by atoms with van der Waals surface area (Å²) in [6.45, 7) is 2.10. The van der Waals surface area contributed by atoms with Crippen LogP contribution in [0.4, 0.5) is 0 Å². The van der Waals surface area contributed by atoms with Crippen LogP contribution in [0.1, 0.15) is 5.56 Å². The monoisotopic (exact) mass is 352 g/mol. The van der Waals surface area contributed by atoms with E-state index in [1.165, 1.54) is 21.1 Å². The number of hydrogen-bond acceptors (Lipinski definition) is 1. The van der Waals surface area contributed by atoms with Crippen LogP contribution in [-0.2, 0) is 0 Å². The van der Waals surface area contributed by atoms with Gasteiger partial charge in [0.1, 0.15) is 4.60 Å². The van der Waals surface area contributed by atoms with Gasteiger partial charge in [0.25, 0.3) is 0 Å². The molecule has 2 aromatic carbocycles.